The number of thiazole rings is 1. The molecule has 1 aromatic carbocycles. The van der Waals surface area contributed by atoms with Gasteiger partial charge in [0.05, 0.1) is 22.7 Å². The molecule has 0 unspecified atom stereocenters. The van der Waals surface area contributed by atoms with E-state index in [0.717, 1.165) is 26.9 Å². The highest BCUT2D eigenvalue weighted by Gasteiger charge is 2.14. The molecule has 4 nitrogen and oxygen atoms in total. The lowest BCUT2D eigenvalue weighted by Crippen LogP contribution is -1.91. The summed E-state index contributed by atoms with van der Waals surface area (Å²) < 4.78 is 5.21. The standard InChI is InChI=1S/C15H15NO3S/c1-9(7-13(17)18)15-14(16-10(2)20-15)11-5-4-6-12(8-11)19-3/h4-8H,1-3H3,(H,17,18)/b9-7+. The van der Waals surface area contributed by atoms with Crippen LogP contribution in [0.2, 0.25) is 0 Å². The summed E-state index contributed by atoms with van der Waals surface area (Å²) in [6.07, 6.45) is 1.20. The fourth-order valence-electron chi connectivity index (χ4n) is 1.91. The maximum atomic E-state index is 10.8. The monoisotopic (exact) mass is 289 g/mol. The molecule has 0 spiro atoms. The van der Waals surface area contributed by atoms with Crippen molar-refractivity contribution in [1.29, 1.82) is 0 Å². The Labute approximate surface area is 121 Å². The molecule has 0 amide bonds. The molecule has 0 bridgehead atoms. The second kappa shape index (κ2) is 5.88. The van der Waals surface area contributed by atoms with Crippen LogP contribution < -0.4 is 4.74 Å². The van der Waals surface area contributed by atoms with Crippen LogP contribution >= 0.6 is 11.3 Å². The Morgan fingerprint density at radius 1 is 1.45 bits per heavy atom. The summed E-state index contributed by atoms with van der Waals surface area (Å²) in [5, 5.41) is 9.78. The summed E-state index contributed by atoms with van der Waals surface area (Å²) in [7, 11) is 1.61. The molecule has 0 fully saturated rings. The quantitative estimate of drug-likeness (QED) is 0.873. The molecule has 0 aliphatic carbocycles. The Hall–Kier alpha value is -2.14. The third-order valence-corrected chi connectivity index (χ3v) is 3.88. The first-order valence-electron chi connectivity index (χ1n) is 6.04. The number of rotatable bonds is 4. The molecule has 20 heavy (non-hydrogen) atoms. The van der Waals surface area contributed by atoms with Crippen LogP contribution in [-0.2, 0) is 4.79 Å². The molecule has 2 aromatic rings. The Kier molecular flexibility index (Phi) is 4.20. The highest BCUT2D eigenvalue weighted by atomic mass is 32.1. The normalized spacial score (nSPS) is 11.4. The summed E-state index contributed by atoms with van der Waals surface area (Å²) in [6.45, 7) is 3.69. The fourth-order valence-corrected chi connectivity index (χ4v) is 2.82. The number of ether oxygens (including phenoxy) is 1. The average molecular weight is 289 g/mol. The molecular formula is C15H15NO3S. The second-order valence-electron chi connectivity index (χ2n) is 4.31. The Balaban J connectivity index is 2.54. The van der Waals surface area contributed by atoms with Crippen molar-refractivity contribution in [1.82, 2.24) is 4.98 Å². The molecule has 0 aliphatic rings. The molecule has 0 aliphatic heterocycles. The number of hydrogen-bond donors (Lipinski definition) is 1. The molecule has 0 atom stereocenters. The van der Waals surface area contributed by atoms with Crippen molar-refractivity contribution in [2.45, 2.75) is 13.8 Å². The number of carboxylic acids is 1. The second-order valence-corrected chi connectivity index (χ2v) is 5.51. The minimum absolute atomic E-state index is 0.695. The van der Waals surface area contributed by atoms with Crippen LogP contribution in [-0.4, -0.2) is 23.2 Å². The predicted molar refractivity (Wildman–Crippen MR) is 80.1 cm³/mol. The predicted octanol–water partition coefficient (Wildman–Crippen LogP) is 3.62. The van der Waals surface area contributed by atoms with E-state index in [4.69, 9.17) is 9.84 Å². The zero-order valence-electron chi connectivity index (χ0n) is 11.5. The van der Waals surface area contributed by atoms with Crippen molar-refractivity contribution < 1.29 is 14.6 Å². The van der Waals surface area contributed by atoms with Crippen molar-refractivity contribution in [3.05, 3.63) is 40.2 Å². The van der Waals surface area contributed by atoms with Crippen LogP contribution in [0, 0.1) is 6.92 Å². The average Bonchev–Trinajstić information content (AvgIpc) is 2.80. The van der Waals surface area contributed by atoms with Gasteiger partial charge in [-0.15, -0.1) is 11.3 Å². The van der Waals surface area contributed by atoms with E-state index in [1.54, 1.807) is 14.0 Å². The van der Waals surface area contributed by atoms with Crippen molar-refractivity contribution in [2.24, 2.45) is 0 Å². The van der Waals surface area contributed by atoms with Crippen LogP contribution in [0.5, 0.6) is 5.75 Å². The summed E-state index contributed by atoms with van der Waals surface area (Å²) >= 11 is 1.49. The first kappa shape index (κ1) is 14.3. The van der Waals surface area contributed by atoms with Gasteiger partial charge in [0.1, 0.15) is 5.75 Å². The number of carboxylic acid groups (broad SMARTS) is 1. The van der Waals surface area contributed by atoms with Gasteiger partial charge in [-0.05, 0) is 31.6 Å². The summed E-state index contributed by atoms with van der Waals surface area (Å²) in [5.41, 5.74) is 2.41. The van der Waals surface area contributed by atoms with E-state index in [1.165, 1.54) is 17.4 Å². The molecule has 1 N–H and O–H groups in total. The van der Waals surface area contributed by atoms with Crippen molar-refractivity contribution in [3.8, 4) is 17.0 Å². The van der Waals surface area contributed by atoms with Gasteiger partial charge in [-0.1, -0.05) is 12.1 Å². The number of aliphatic carboxylic acids is 1. The number of nitrogens with zero attached hydrogens (tertiary/aromatic N) is 1. The van der Waals surface area contributed by atoms with E-state index in [1.807, 2.05) is 31.2 Å². The first-order chi connectivity index (χ1) is 9.51. The molecule has 2 rings (SSSR count). The van der Waals surface area contributed by atoms with Gasteiger partial charge in [0.15, 0.2) is 0 Å². The van der Waals surface area contributed by atoms with Gasteiger partial charge in [0.2, 0.25) is 0 Å². The number of hydrogen-bond acceptors (Lipinski definition) is 4. The van der Waals surface area contributed by atoms with E-state index < -0.39 is 5.97 Å². The van der Waals surface area contributed by atoms with Crippen LogP contribution in [0.4, 0.5) is 0 Å². The van der Waals surface area contributed by atoms with E-state index in [-0.39, 0.29) is 0 Å². The maximum Gasteiger partial charge on any atom is 0.328 e. The molecular weight excluding hydrogens is 274 g/mol. The molecule has 104 valence electrons. The van der Waals surface area contributed by atoms with E-state index >= 15 is 0 Å². The molecule has 0 saturated carbocycles. The summed E-state index contributed by atoms with van der Waals surface area (Å²) in [5.74, 6) is -0.205. The van der Waals surface area contributed by atoms with Gasteiger partial charge in [-0.25, -0.2) is 9.78 Å². The van der Waals surface area contributed by atoms with Crippen molar-refractivity contribution >= 4 is 22.9 Å². The van der Waals surface area contributed by atoms with Gasteiger partial charge in [-0.2, -0.15) is 0 Å². The lowest BCUT2D eigenvalue weighted by Gasteiger charge is -2.05. The lowest BCUT2D eigenvalue weighted by atomic mass is 10.1. The summed E-state index contributed by atoms with van der Waals surface area (Å²) in [4.78, 5) is 16.2. The topological polar surface area (TPSA) is 59.4 Å². The van der Waals surface area contributed by atoms with Gasteiger partial charge < -0.3 is 9.84 Å². The minimum atomic E-state index is -0.954. The van der Waals surface area contributed by atoms with E-state index in [9.17, 15) is 4.79 Å². The SMILES string of the molecule is COc1cccc(-c2nc(C)sc2/C(C)=C/C(=O)O)c1. The zero-order valence-corrected chi connectivity index (χ0v) is 12.3. The number of aromatic nitrogens is 1. The minimum Gasteiger partial charge on any atom is -0.497 e. The van der Waals surface area contributed by atoms with E-state index in [0.29, 0.717) is 5.57 Å². The van der Waals surface area contributed by atoms with Gasteiger partial charge in [0.25, 0.3) is 0 Å². The van der Waals surface area contributed by atoms with Crippen molar-refractivity contribution in [2.75, 3.05) is 7.11 Å². The van der Waals surface area contributed by atoms with Gasteiger partial charge in [0, 0.05) is 11.6 Å². The fraction of sp³-hybridized carbons (Fsp3) is 0.200. The highest BCUT2D eigenvalue weighted by Crippen LogP contribution is 2.34. The largest absolute Gasteiger partial charge is 0.497 e. The maximum absolute atomic E-state index is 10.8. The number of methoxy groups -OCH3 is 1. The number of benzene rings is 1. The smallest absolute Gasteiger partial charge is 0.328 e. The van der Waals surface area contributed by atoms with Crippen LogP contribution in [0.25, 0.3) is 16.8 Å². The molecule has 5 heteroatoms. The van der Waals surface area contributed by atoms with Crippen LogP contribution in [0.3, 0.4) is 0 Å². The molecule has 1 aromatic heterocycles. The summed E-state index contributed by atoms with van der Waals surface area (Å²) in [6, 6.07) is 7.59. The number of carbonyl (C=O) groups is 1. The number of aryl methyl sites for hydroxylation is 1. The van der Waals surface area contributed by atoms with Crippen LogP contribution in [0.15, 0.2) is 30.3 Å². The van der Waals surface area contributed by atoms with Gasteiger partial charge in [-0.3, -0.25) is 0 Å². The third kappa shape index (κ3) is 3.05. The first-order valence-corrected chi connectivity index (χ1v) is 6.86. The van der Waals surface area contributed by atoms with Gasteiger partial charge >= 0.3 is 5.97 Å². The Morgan fingerprint density at radius 2 is 2.20 bits per heavy atom. The van der Waals surface area contributed by atoms with E-state index in [2.05, 4.69) is 4.98 Å². The van der Waals surface area contributed by atoms with Crippen LogP contribution in [0.1, 0.15) is 16.8 Å². The highest BCUT2D eigenvalue weighted by molar-refractivity contribution is 7.13. The van der Waals surface area contributed by atoms with Crippen molar-refractivity contribution in [3.63, 3.8) is 0 Å². The lowest BCUT2D eigenvalue weighted by molar-refractivity contribution is -0.131. The Morgan fingerprint density at radius 3 is 2.85 bits per heavy atom. The molecule has 1 heterocycles. The Bertz CT molecular complexity index is 674. The number of allylic oxidation sites excluding steroid dienone is 1. The zero-order chi connectivity index (χ0) is 14.7. The molecule has 0 saturated heterocycles. The third-order valence-electron chi connectivity index (χ3n) is 2.78. The molecule has 0 radical (unpaired) electrons.